The summed E-state index contributed by atoms with van der Waals surface area (Å²) in [5.41, 5.74) is 3.80. The third-order valence-electron chi connectivity index (χ3n) is 6.70. The van der Waals surface area contributed by atoms with Gasteiger partial charge in [-0.25, -0.2) is 4.98 Å². The molecule has 2 amide bonds. The van der Waals surface area contributed by atoms with Crippen LogP contribution in [-0.4, -0.2) is 77.1 Å². The van der Waals surface area contributed by atoms with Crippen LogP contribution in [0.5, 0.6) is 0 Å². The first-order chi connectivity index (χ1) is 17.6. The Labute approximate surface area is 211 Å². The van der Waals surface area contributed by atoms with Crippen molar-refractivity contribution in [2.45, 2.75) is 19.8 Å². The summed E-state index contributed by atoms with van der Waals surface area (Å²) in [6.45, 7) is 6.46. The quantitative estimate of drug-likeness (QED) is 0.501. The number of aryl methyl sites for hydroxylation is 1. The van der Waals surface area contributed by atoms with Crippen LogP contribution >= 0.6 is 0 Å². The number of morpholine rings is 1. The van der Waals surface area contributed by atoms with Gasteiger partial charge in [-0.3, -0.25) is 24.4 Å². The highest BCUT2D eigenvalue weighted by Gasteiger charge is 2.34. The number of carbonyl (C=O) groups is 2. The number of nitrogens with one attached hydrogen (secondary N) is 1. The van der Waals surface area contributed by atoms with Gasteiger partial charge in [-0.15, -0.1) is 0 Å². The first-order valence-corrected chi connectivity index (χ1v) is 12.7. The average molecular weight is 488 g/mol. The van der Waals surface area contributed by atoms with E-state index in [0.717, 1.165) is 55.0 Å². The van der Waals surface area contributed by atoms with E-state index in [1.807, 2.05) is 72.3 Å². The van der Waals surface area contributed by atoms with E-state index in [-0.39, 0.29) is 24.3 Å². The van der Waals surface area contributed by atoms with Crippen molar-refractivity contribution in [3.05, 3.63) is 66.4 Å². The predicted octanol–water partition coefficient (Wildman–Crippen LogP) is 3.36. The van der Waals surface area contributed by atoms with E-state index in [1.165, 1.54) is 0 Å². The summed E-state index contributed by atoms with van der Waals surface area (Å²) >= 11 is 0. The number of rotatable bonds is 9. The van der Waals surface area contributed by atoms with Crippen molar-refractivity contribution >= 4 is 17.8 Å². The second-order valence-electron chi connectivity index (χ2n) is 9.56. The second-order valence-corrected chi connectivity index (χ2v) is 9.56. The van der Waals surface area contributed by atoms with E-state index in [2.05, 4.69) is 10.2 Å². The Morgan fingerprint density at radius 1 is 1.06 bits per heavy atom. The smallest absolute Gasteiger partial charge is 0.246 e. The van der Waals surface area contributed by atoms with Crippen molar-refractivity contribution in [2.75, 3.05) is 51.3 Å². The topological polar surface area (TPSA) is 79.7 Å². The fourth-order valence-corrected chi connectivity index (χ4v) is 4.40. The molecule has 1 aromatic heterocycles. The monoisotopic (exact) mass is 487 g/mol. The molecule has 5 rings (SSSR count). The number of amides is 2. The summed E-state index contributed by atoms with van der Waals surface area (Å²) in [5.74, 6) is 0.325. The van der Waals surface area contributed by atoms with Crippen LogP contribution in [0.2, 0.25) is 0 Å². The Bertz CT molecular complexity index is 1180. The molecule has 1 saturated carbocycles. The lowest BCUT2D eigenvalue weighted by molar-refractivity contribution is -0.136. The van der Waals surface area contributed by atoms with E-state index in [1.54, 1.807) is 4.90 Å². The first kappa shape index (κ1) is 24.2. The van der Waals surface area contributed by atoms with Crippen molar-refractivity contribution in [3.63, 3.8) is 0 Å². The Morgan fingerprint density at radius 2 is 1.78 bits per heavy atom. The van der Waals surface area contributed by atoms with Gasteiger partial charge in [0.2, 0.25) is 17.8 Å². The summed E-state index contributed by atoms with van der Waals surface area (Å²) in [6.07, 6.45) is 3.75. The molecule has 0 bridgehead atoms. The van der Waals surface area contributed by atoms with Gasteiger partial charge in [-0.05, 0) is 31.9 Å². The normalized spacial score (nSPS) is 16.0. The number of anilines is 1. The number of ether oxygens (including phenoxy) is 1. The third-order valence-corrected chi connectivity index (χ3v) is 6.70. The molecular formula is C28H33N5O3. The van der Waals surface area contributed by atoms with Gasteiger partial charge in [-0.2, -0.15) is 0 Å². The van der Waals surface area contributed by atoms with Gasteiger partial charge < -0.3 is 9.64 Å². The van der Waals surface area contributed by atoms with Crippen LogP contribution in [0.15, 0.2) is 60.8 Å². The Balaban J connectivity index is 1.33. The summed E-state index contributed by atoms with van der Waals surface area (Å²) in [5, 5.41) is 2.98. The van der Waals surface area contributed by atoms with Crippen LogP contribution < -0.4 is 5.32 Å². The molecule has 0 spiro atoms. The van der Waals surface area contributed by atoms with Crippen LogP contribution in [0.4, 0.5) is 5.95 Å². The number of nitrogens with zero attached hydrogens (tertiary/aromatic N) is 4. The molecule has 1 N–H and O–H groups in total. The minimum Gasteiger partial charge on any atom is -0.379 e. The highest BCUT2D eigenvalue weighted by Crippen LogP contribution is 2.31. The highest BCUT2D eigenvalue weighted by molar-refractivity contribution is 5.94. The maximum absolute atomic E-state index is 13.2. The molecule has 2 aromatic carbocycles. The Kier molecular flexibility index (Phi) is 7.44. The van der Waals surface area contributed by atoms with Crippen molar-refractivity contribution in [1.82, 2.24) is 19.4 Å². The Hall–Kier alpha value is -3.49. The SMILES string of the molecule is Cc1ccc(-n2cc(-c3ccccc3)nc2NC(=O)CN(CCN2CCOCC2)C(=O)C2CC2)cc1. The molecule has 3 aromatic rings. The zero-order chi connectivity index (χ0) is 24.9. The van der Waals surface area contributed by atoms with Crippen molar-refractivity contribution < 1.29 is 14.3 Å². The second kappa shape index (κ2) is 11.1. The van der Waals surface area contributed by atoms with Crippen LogP contribution in [0.1, 0.15) is 18.4 Å². The third kappa shape index (κ3) is 6.01. The fourth-order valence-electron chi connectivity index (χ4n) is 4.40. The molecule has 0 atom stereocenters. The number of carbonyl (C=O) groups excluding carboxylic acids is 2. The van der Waals surface area contributed by atoms with Crippen LogP contribution in [0, 0.1) is 12.8 Å². The van der Waals surface area contributed by atoms with Crippen molar-refractivity contribution in [2.24, 2.45) is 5.92 Å². The molecule has 2 aliphatic rings. The van der Waals surface area contributed by atoms with Gasteiger partial charge in [0.25, 0.3) is 0 Å². The molecule has 36 heavy (non-hydrogen) atoms. The lowest BCUT2D eigenvalue weighted by Crippen LogP contribution is -2.45. The molecule has 8 heteroatoms. The minimum absolute atomic E-state index is 0.0150. The predicted molar refractivity (Wildman–Crippen MR) is 139 cm³/mol. The number of hydrogen-bond acceptors (Lipinski definition) is 5. The summed E-state index contributed by atoms with van der Waals surface area (Å²) in [4.78, 5) is 34.9. The first-order valence-electron chi connectivity index (χ1n) is 12.7. The van der Waals surface area contributed by atoms with Crippen molar-refractivity contribution in [3.8, 4) is 16.9 Å². The molecule has 2 heterocycles. The maximum atomic E-state index is 13.2. The van der Waals surface area contributed by atoms with E-state index in [0.29, 0.717) is 25.7 Å². The minimum atomic E-state index is -0.246. The average Bonchev–Trinajstić information content (AvgIpc) is 3.68. The number of aromatic nitrogens is 2. The molecule has 0 radical (unpaired) electrons. The molecule has 2 fully saturated rings. The largest absolute Gasteiger partial charge is 0.379 e. The van der Waals surface area contributed by atoms with E-state index in [4.69, 9.17) is 9.72 Å². The van der Waals surface area contributed by atoms with E-state index >= 15 is 0 Å². The van der Waals surface area contributed by atoms with Gasteiger partial charge in [0.1, 0.15) is 0 Å². The zero-order valence-electron chi connectivity index (χ0n) is 20.7. The molecule has 1 aliphatic heterocycles. The number of benzene rings is 2. The molecule has 8 nitrogen and oxygen atoms in total. The van der Waals surface area contributed by atoms with Gasteiger partial charge in [-0.1, -0.05) is 48.0 Å². The van der Waals surface area contributed by atoms with Crippen LogP contribution in [0.25, 0.3) is 16.9 Å². The molecule has 1 aliphatic carbocycles. The standard InChI is InChI=1S/C28H33N5O3/c1-21-7-11-24(12-8-21)33-19-25(22-5-3-2-4-6-22)29-28(33)30-26(34)20-32(27(35)23-9-10-23)14-13-31-15-17-36-18-16-31/h2-8,11-12,19,23H,9-10,13-18,20H2,1H3,(H,29,30,34). The lowest BCUT2D eigenvalue weighted by Gasteiger charge is -2.30. The number of hydrogen-bond donors (Lipinski definition) is 1. The summed E-state index contributed by atoms with van der Waals surface area (Å²) < 4.78 is 7.31. The molecule has 1 saturated heterocycles. The Morgan fingerprint density at radius 3 is 2.47 bits per heavy atom. The zero-order valence-corrected chi connectivity index (χ0v) is 20.7. The highest BCUT2D eigenvalue weighted by atomic mass is 16.5. The maximum Gasteiger partial charge on any atom is 0.246 e. The molecule has 0 unspecified atom stereocenters. The lowest BCUT2D eigenvalue weighted by atomic mass is 10.2. The van der Waals surface area contributed by atoms with Crippen LogP contribution in [0.3, 0.4) is 0 Å². The molecular weight excluding hydrogens is 454 g/mol. The van der Waals surface area contributed by atoms with Gasteiger partial charge in [0.15, 0.2) is 0 Å². The summed E-state index contributed by atoms with van der Waals surface area (Å²) in [7, 11) is 0. The fraction of sp³-hybridized carbons (Fsp3) is 0.393. The van der Waals surface area contributed by atoms with Gasteiger partial charge in [0, 0.05) is 49.5 Å². The number of imidazole rings is 1. The van der Waals surface area contributed by atoms with Gasteiger partial charge in [0.05, 0.1) is 25.5 Å². The van der Waals surface area contributed by atoms with E-state index < -0.39 is 0 Å². The molecule has 188 valence electrons. The van der Waals surface area contributed by atoms with Gasteiger partial charge >= 0.3 is 0 Å². The van der Waals surface area contributed by atoms with E-state index in [9.17, 15) is 9.59 Å². The van der Waals surface area contributed by atoms with Crippen molar-refractivity contribution in [1.29, 1.82) is 0 Å². The van der Waals surface area contributed by atoms with Crippen LogP contribution in [-0.2, 0) is 14.3 Å². The summed E-state index contributed by atoms with van der Waals surface area (Å²) in [6, 6.07) is 18.0.